The van der Waals surface area contributed by atoms with Crippen LogP contribution in [-0.2, 0) is 11.3 Å². The van der Waals surface area contributed by atoms with Gasteiger partial charge in [0.05, 0.1) is 5.97 Å². The minimum atomic E-state index is -1.23. The van der Waals surface area contributed by atoms with Crippen LogP contribution in [0.15, 0.2) is 18.2 Å². The number of carboxylic acids is 1. The third-order valence-electron chi connectivity index (χ3n) is 2.18. The third-order valence-corrected chi connectivity index (χ3v) is 2.42. The molecule has 16 heavy (non-hydrogen) atoms. The molecule has 0 spiro atoms. The Balaban J connectivity index is 2.82. The Morgan fingerprint density at radius 2 is 2.12 bits per heavy atom. The molecule has 0 aliphatic carbocycles. The maximum Gasteiger partial charge on any atom is 0.235 e. The summed E-state index contributed by atoms with van der Waals surface area (Å²) in [5.74, 6) is -1.64. The van der Waals surface area contributed by atoms with Gasteiger partial charge in [-0.2, -0.15) is 0 Å². The normalized spacial score (nSPS) is 9.88. The van der Waals surface area contributed by atoms with Gasteiger partial charge >= 0.3 is 0 Å². The summed E-state index contributed by atoms with van der Waals surface area (Å²) in [6.07, 6.45) is 0. The molecule has 0 unspecified atom stereocenters. The summed E-state index contributed by atoms with van der Waals surface area (Å²) in [6.45, 7) is 2.10. The molecule has 5 heteroatoms. The summed E-state index contributed by atoms with van der Waals surface area (Å²) >= 11 is 5.32. The lowest BCUT2D eigenvalue weighted by Gasteiger charge is -2.10. The Morgan fingerprint density at radius 3 is 2.69 bits per heavy atom. The zero-order valence-corrected chi connectivity index (χ0v) is 9.50. The third kappa shape index (κ3) is 3.24. The van der Waals surface area contributed by atoms with Gasteiger partial charge in [-0.05, 0) is 29.7 Å². The van der Waals surface area contributed by atoms with Crippen molar-refractivity contribution in [2.75, 3.05) is 5.88 Å². The van der Waals surface area contributed by atoms with Gasteiger partial charge in [0.1, 0.15) is 5.88 Å². The van der Waals surface area contributed by atoms with E-state index < -0.39 is 5.97 Å². The predicted octanol–water partition coefficient (Wildman–Crippen LogP) is 0.214. The van der Waals surface area contributed by atoms with Gasteiger partial charge in [-0.25, -0.2) is 0 Å². The van der Waals surface area contributed by atoms with E-state index in [1.165, 1.54) is 12.1 Å². The van der Waals surface area contributed by atoms with Crippen LogP contribution >= 0.6 is 11.6 Å². The molecule has 0 fully saturated rings. The molecule has 4 nitrogen and oxygen atoms in total. The SMILES string of the molecule is Cc1ccc(C(=O)[O-])cc1CNC(=O)CCl. The molecule has 0 atom stereocenters. The highest BCUT2D eigenvalue weighted by molar-refractivity contribution is 6.27. The topological polar surface area (TPSA) is 69.2 Å². The number of halogens is 1. The van der Waals surface area contributed by atoms with Crippen LogP contribution in [0.4, 0.5) is 0 Å². The second-order valence-electron chi connectivity index (χ2n) is 3.34. The number of aromatic carboxylic acids is 1. The van der Waals surface area contributed by atoms with E-state index in [0.717, 1.165) is 11.1 Å². The van der Waals surface area contributed by atoms with E-state index in [9.17, 15) is 14.7 Å². The molecule has 0 aromatic heterocycles. The van der Waals surface area contributed by atoms with Crippen LogP contribution in [0.25, 0.3) is 0 Å². The number of hydrogen-bond acceptors (Lipinski definition) is 3. The van der Waals surface area contributed by atoms with Crippen molar-refractivity contribution in [3.8, 4) is 0 Å². The molecule has 1 rings (SSSR count). The molecule has 0 bridgehead atoms. The van der Waals surface area contributed by atoms with Crippen LogP contribution in [0.1, 0.15) is 21.5 Å². The summed E-state index contributed by atoms with van der Waals surface area (Å²) in [6, 6.07) is 4.63. The molecule has 0 saturated carbocycles. The first-order valence-corrected chi connectivity index (χ1v) is 5.21. The van der Waals surface area contributed by atoms with Crippen molar-refractivity contribution in [1.82, 2.24) is 5.32 Å². The number of carbonyl (C=O) groups is 2. The Bertz CT molecular complexity index is 418. The van der Waals surface area contributed by atoms with Gasteiger partial charge in [0, 0.05) is 6.54 Å². The van der Waals surface area contributed by atoms with Gasteiger partial charge < -0.3 is 15.2 Å². The van der Waals surface area contributed by atoms with E-state index in [2.05, 4.69) is 5.32 Å². The number of benzene rings is 1. The van der Waals surface area contributed by atoms with Gasteiger partial charge in [0.15, 0.2) is 0 Å². The summed E-state index contributed by atoms with van der Waals surface area (Å²) in [5, 5.41) is 13.2. The molecule has 1 N–H and O–H groups in total. The number of carbonyl (C=O) groups excluding carboxylic acids is 2. The lowest BCUT2D eigenvalue weighted by atomic mass is 10.1. The fourth-order valence-electron chi connectivity index (χ4n) is 1.23. The van der Waals surface area contributed by atoms with Gasteiger partial charge in [-0.1, -0.05) is 12.1 Å². The minimum absolute atomic E-state index is 0.0979. The highest BCUT2D eigenvalue weighted by atomic mass is 35.5. The fraction of sp³-hybridized carbons (Fsp3) is 0.273. The number of amides is 1. The largest absolute Gasteiger partial charge is 0.545 e. The number of rotatable bonds is 4. The van der Waals surface area contributed by atoms with Crippen molar-refractivity contribution in [2.45, 2.75) is 13.5 Å². The summed E-state index contributed by atoms with van der Waals surface area (Å²) in [5.41, 5.74) is 1.74. The maximum atomic E-state index is 10.9. The number of alkyl halides is 1. The van der Waals surface area contributed by atoms with E-state index in [1.807, 2.05) is 6.92 Å². The van der Waals surface area contributed by atoms with Gasteiger partial charge in [0.2, 0.25) is 5.91 Å². The molecule has 0 aliphatic heterocycles. The van der Waals surface area contributed by atoms with E-state index in [1.54, 1.807) is 6.07 Å². The van der Waals surface area contributed by atoms with Crippen molar-refractivity contribution < 1.29 is 14.7 Å². The molecule has 0 aliphatic rings. The average molecular weight is 241 g/mol. The molecule has 1 aromatic rings. The molecular formula is C11H11ClNO3-. The molecule has 0 heterocycles. The molecular weight excluding hydrogens is 230 g/mol. The number of aryl methyl sites for hydroxylation is 1. The van der Waals surface area contributed by atoms with Gasteiger partial charge in [-0.3, -0.25) is 4.79 Å². The summed E-state index contributed by atoms with van der Waals surface area (Å²) in [7, 11) is 0. The van der Waals surface area contributed by atoms with E-state index in [-0.39, 0.29) is 23.9 Å². The minimum Gasteiger partial charge on any atom is -0.545 e. The van der Waals surface area contributed by atoms with Gasteiger partial charge in [0.25, 0.3) is 0 Å². The molecule has 0 radical (unpaired) electrons. The highest BCUT2D eigenvalue weighted by Gasteiger charge is 2.03. The first kappa shape index (κ1) is 12.5. The van der Waals surface area contributed by atoms with E-state index >= 15 is 0 Å². The standard InChI is InChI=1S/C11H12ClNO3/c1-7-2-3-8(11(15)16)4-9(7)6-13-10(14)5-12/h2-4H,5-6H2,1H3,(H,13,14)(H,15,16)/p-1. The quantitative estimate of drug-likeness (QED) is 0.765. The van der Waals surface area contributed by atoms with Crippen molar-refractivity contribution >= 4 is 23.5 Å². The Labute approximate surface area is 98.2 Å². The second-order valence-corrected chi connectivity index (χ2v) is 3.61. The Hall–Kier alpha value is -1.55. The maximum absolute atomic E-state index is 10.9. The number of carboxylic acid groups (broad SMARTS) is 1. The Morgan fingerprint density at radius 1 is 1.44 bits per heavy atom. The first-order chi connectivity index (χ1) is 7.54. The smallest absolute Gasteiger partial charge is 0.235 e. The molecule has 86 valence electrons. The van der Waals surface area contributed by atoms with E-state index in [4.69, 9.17) is 11.6 Å². The zero-order valence-electron chi connectivity index (χ0n) is 8.75. The second kappa shape index (κ2) is 5.51. The van der Waals surface area contributed by atoms with Crippen molar-refractivity contribution in [1.29, 1.82) is 0 Å². The lowest BCUT2D eigenvalue weighted by molar-refractivity contribution is -0.255. The van der Waals surface area contributed by atoms with Crippen LogP contribution in [0.3, 0.4) is 0 Å². The monoisotopic (exact) mass is 240 g/mol. The number of nitrogens with one attached hydrogen (secondary N) is 1. The van der Waals surface area contributed by atoms with Crippen molar-refractivity contribution in [2.24, 2.45) is 0 Å². The number of hydrogen-bond donors (Lipinski definition) is 1. The average Bonchev–Trinajstić information content (AvgIpc) is 2.27. The zero-order chi connectivity index (χ0) is 12.1. The van der Waals surface area contributed by atoms with Crippen LogP contribution in [0.2, 0.25) is 0 Å². The van der Waals surface area contributed by atoms with Crippen LogP contribution in [0, 0.1) is 6.92 Å². The van der Waals surface area contributed by atoms with E-state index in [0.29, 0.717) is 0 Å². The first-order valence-electron chi connectivity index (χ1n) is 4.68. The Kier molecular flexibility index (Phi) is 4.31. The highest BCUT2D eigenvalue weighted by Crippen LogP contribution is 2.10. The van der Waals surface area contributed by atoms with Crippen LogP contribution in [-0.4, -0.2) is 17.8 Å². The van der Waals surface area contributed by atoms with Crippen LogP contribution in [0.5, 0.6) is 0 Å². The van der Waals surface area contributed by atoms with Crippen LogP contribution < -0.4 is 10.4 Å². The fourth-order valence-corrected chi connectivity index (χ4v) is 1.32. The van der Waals surface area contributed by atoms with Crippen molar-refractivity contribution in [3.63, 3.8) is 0 Å². The summed E-state index contributed by atoms with van der Waals surface area (Å²) in [4.78, 5) is 21.6. The molecule has 1 amide bonds. The lowest BCUT2D eigenvalue weighted by Crippen LogP contribution is -2.25. The molecule has 0 saturated heterocycles. The van der Waals surface area contributed by atoms with Gasteiger partial charge in [-0.15, -0.1) is 11.6 Å². The molecule has 1 aromatic carbocycles. The summed E-state index contributed by atoms with van der Waals surface area (Å²) < 4.78 is 0. The predicted molar refractivity (Wildman–Crippen MR) is 58.1 cm³/mol. The van der Waals surface area contributed by atoms with Crippen molar-refractivity contribution in [3.05, 3.63) is 34.9 Å².